The van der Waals surface area contributed by atoms with Crippen molar-refractivity contribution in [1.29, 1.82) is 0 Å². The van der Waals surface area contributed by atoms with Gasteiger partial charge in [-0.3, -0.25) is 4.98 Å². The highest BCUT2D eigenvalue weighted by Crippen LogP contribution is 2.35. The van der Waals surface area contributed by atoms with Gasteiger partial charge in [0.15, 0.2) is 11.6 Å². The highest BCUT2D eigenvalue weighted by molar-refractivity contribution is 5.66. The van der Waals surface area contributed by atoms with E-state index < -0.39 is 17.7 Å². The number of methoxy groups -OCH3 is 1. The zero-order valence-corrected chi connectivity index (χ0v) is 15.0. The Hall–Kier alpha value is -3.62. The van der Waals surface area contributed by atoms with Gasteiger partial charge in [0.05, 0.1) is 12.7 Å². The second-order valence-corrected chi connectivity index (χ2v) is 5.97. The van der Waals surface area contributed by atoms with Gasteiger partial charge in [0.1, 0.15) is 17.6 Å². The minimum absolute atomic E-state index is 0.0775. The summed E-state index contributed by atoms with van der Waals surface area (Å²) in [5.74, 6) is -1.02. The number of halogens is 2. The minimum Gasteiger partial charge on any atom is -0.496 e. The third-order valence-corrected chi connectivity index (χ3v) is 4.30. The van der Waals surface area contributed by atoms with Crippen LogP contribution in [0.2, 0.25) is 0 Å². The summed E-state index contributed by atoms with van der Waals surface area (Å²) in [7, 11) is 1.38. The molecule has 1 aromatic carbocycles. The average molecular weight is 383 g/mol. The molecule has 9 heteroatoms. The summed E-state index contributed by atoms with van der Waals surface area (Å²) in [4.78, 5) is 12.6. The van der Waals surface area contributed by atoms with Crippen LogP contribution in [-0.2, 0) is 0 Å². The number of pyridine rings is 1. The van der Waals surface area contributed by atoms with E-state index >= 15 is 0 Å². The molecule has 142 valence electrons. The standard InChI is InChI=1S/C19H15F2N5O2/c1-11(19-24-17(25-28-19)12-4-3-7-22-10-12)26-9-8-23-18(26)15-14(27-2)6-5-13(20)16(15)21/h3-11H,1-2H3/t11-/m1/s1. The molecule has 0 unspecified atom stereocenters. The molecule has 0 amide bonds. The maximum absolute atomic E-state index is 14.5. The van der Waals surface area contributed by atoms with Crippen LogP contribution in [0, 0.1) is 11.6 Å². The van der Waals surface area contributed by atoms with Gasteiger partial charge in [-0.1, -0.05) is 5.16 Å². The number of hydrogen-bond acceptors (Lipinski definition) is 6. The molecule has 0 aliphatic heterocycles. The summed E-state index contributed by atoms with van der Waals surface area (Å²) in [6, 6.07) is 5.45. The molecule has 3 heterocycles. The van der Waals surface area contributed by atoms with Gasteiger partial charge in [-0.15, -0.1) is 0 Å². The number of ether oxygens (including phenoxy) is 1. The Kier molecular flexibility index (Phi) is 4.56. The molecule has 4 aromatic rings. The first-order valence-electron chi connectivity index (χ1n) is 8.39. The molecule has 0 radical (unpaired) electrons. The van der Waals surface area contributed by atoms with E-state index in [1.54, 1.807) is 36.1 Å². The SMILES string of the molecule is COc1ccc(F)c(F)c1-c1nccn1[C@H](C)c1nc(-c2cccnc2)no1. The van der Waals surface area contributed by atoms with E-state index in [1.807, 2.05) is 6.07 Å². The van der Waals surface area contributed by atoms with Crippen molar-refractivity contribution in [1.82, 2.24) is 24.7 Å². The van der Waals surface area contributed by atoms with Gasteiger partial charge >= 0.3 is 0 Å². The lowest BCUT2D eigenvalue weighted by molar-refractivity contribution is 0.346. The Morgan fingerprint density at radius 2 is 2.04 bits per heavy atom. The van der Waals surface area contributed by atoms with E-state index in [9.17, 15) is 8.78 Å². The van der Waals surface area contributed by atoms with Crippen LogP contribution >= 0.6 is 0 Å². The maximum atomic E-state index is 14.5. The fourth-order valence-electron chi connectivity index (χ4n) is 2.87. The summed E-state index contributed by atoms with van der Waals surface area (Å²) >= 11 is 0. The second kappa shape index (κ2) is 7.18. The Balaban J connectivity index is 1.75. The third-order valence-electron chi connectivity index (χ3n) is 4.30. The molecule has 1 atom stereocenters. The van der Waals surface area contributed by atoms with Gasteiger partial charge in [-0.2, -0.15) is 4.98 Å². The Bertz CT molecular complexity index is 1110. The zero-order valence-electron chi connectivity index (χ0n) is 15.0. The topological polar surface area (TPSA) is 78.9 Å². The Morgan fingerprint density at radius 3 is 2.79 bits per heavy atom. The van der Waals surface area contributed by atoms with Gasteiger partial charge in [-0.05, 0) is 31.2 Å². The van der Waals surface area contributed by atoms with Gasteiger partial charge in [0, 0.05) is 30.4 Å². The molecule has 7 nitrogen and oxygen atoms in total. The summed E-state index contributed by atoms with van der Waals surface area (Å²) in [5.41, 5.74) is 0.625. The molecule has 0 aliphatic rings. The van der Waals surface area contributed by atoms with Crippen molar-refractivity contribution in [2.75, 3.05) is 7.11 Å². The van der Waals surface area contributed by atoms with Crippen LogP contribution < -0.4 is 4.74 Å². The molecule has 28 heavy (non-hydrogen) atoms. The van der Waals surface area contributed by atoms with E-state index in [2.05, 4.69) is 20.1 Å². The normalized spacial score (nSPS) is 12.1. The van der Waals surface area contributed by atoms with Crippen LogP contribution in [0.3, 0.4) is 0 Å². The summed E-state index contributed by atoms with van der Waals surface area (Å²) in [5, 5.41) is 3.97. The molecule has 0 saturated carbocycles. The van der Waals surface area contributed by atoms with Crippen molar-refractivity contribution < 1.29 is 18.0 Å². The number of aromatic nitrogens is 5. The number of benzene rings is 1. The fraction of sp³-hybridized carbons (Fsp3) is 0.158. The van der Waals surface area contributed by atoms with E-state index in [4.69, 9.17) is 9.26 Å². The molecule has 0 N–H and O–H groups in total. The third kappa shape index (κ3) is 3.00. The molecule has 0 fully saturated rings. The molecule has 0 bridgehead atoms. The van der Waals surface area contributed by atoms with Gasteiger partial charge in [0.25, 0.3) is 0 Å². The van der Waals surface area contributed by atoms with Crippen molar-refractivity contribution in [2.45, 2.75) is 13.0 Å². The van der Waals surface area contributed by atoms with Crippen LogP contribution in [0.15, 0.2) is 53.6 Å². The highest BCUT2D eigenvalue weighted by Gasteiger charge is 2.25. The van der Waals surface area contributed by atoms with Crippen LogP contribution in [-0.4, -0.2) is 31.8 Å². The van der Waals surface area contributed by atoms with E-state index in [-0.39, 0.29) is 23.0 Å². The lowest BCUT2D eigenvalue weighted by Gasteiger charge is -2.15. The molecule has 4 rings (SSSR count). The molecular formula is C19H15F2N5O2. The number of hydrogen-bond donors (Lipinski definition) is 0. The Labute approximate surface area is 158 Å². The Morgan fingerprint density at radius 1 is 1.18 bits per heavy atom. The van der Waals surface area contributed by atoms with E-state index in [1.165, 1.54) is 19.4 Å². The van der Waals surface area contributed by atoms with Gasteiger partial charge in [-0.25, -0.2) is 13.8 Å². The molecule has 0 saturated heterocycles. The lowest BCUT2D eigenvalue weighted by atomic mass is 10.1. The summed E-state index contributed by atoms with van der Waals surface area (Å²) in [6.45, 7) is 1.79. The largest absolute Gasteiger partial charge is 0.496 e. The van der Waals surface area contributed by atoms with Crippen molar-refractivity contribution in [3.8, 4) is 28.5 Å². The lowest BCUT2D eigenvalue weighted by Crippen LogP contribution is -2.09. The fourth-order valence-corrected chi connectivity index (χ4v) is 2.87. The summed E-state index contributed by atoms with van der Waals surface area (Å²) < 4.78 is 40.5. The molecular weight excluding hydrogens is 368 g/mol. The first-order chi connectivity index (χ1) is 13.6. The van der Waals surface area contributed by atoms with E-state index in [0.717, 1.165) is 6.07 Å². The smallest absolute Gasteiger partial charge is 0.249 e. The predicted octanol–water partition coefficient (Wildman–Crippen LogP) is 3.89. The number of imidazole rings is 1. The quantitative estimate of drug-likeness (QED) is 0.520. The van der Waals surface area contributed by atoms with Gasteiger partial charge < -0.3 is 13.8 Å². The first-order valence-corrected chi connectivity index (χ1v) is 8.39. The number of nitrogens with zero attached hydrogens (tertiary/aromatic N) is 5. The van der Waals surface area contributed by atoms with Crippen LogP contribution in [0.25, 0.3) is 22.8 Å². The second-order valence-electron chi connectivity index (χ2n) is 5.97. The highest BCUT2D eigenvalue weighted by atomic mass is 19.2. The maximum Gasteiger partial charge on any atom is 0.249 e. The minimum atomic E-state index is -1.04. The van der Waals surface area contributed by atoms with Crippen molar-refractivity contribution in [3.05, 3.63) is 66.6 Å². The zero-order chi connectivity index (χ0) is 19.7. The monoisotopic (exact) mass is 383 g/mol. The van der Waals surface area contributed by atoms with Crippen molar-refractivity contribution >= 4 is 0 Å². The van der Waals surface area contributed by atoms with Crippen molar-refractivity contribution in [3.63, 3.8) is 0 Å². The van der Waals surface area contributed by atoms with E-state index in [0.29, 0.717) is 11.4 Å². The molecule has 3 aromatic heterocycles. The average Bonchev–Trinajstić information content (AvgIpc) is 3.40. The van der Waals surface area contributed by atoms with Crippen LogP contribution in [0.5, 0.6) is 5.75 Å². The van der Waals surface area contributed by atoms with Gasteiger partial charge in [0.2, 0.25) is 11.7 Å². The number of rotatable bonds is 5. The first kappa shape index (κ1) is 17.8. The van der Waals surface area contributed by atoms with Crippen LogP contribution in [0.4, 0.5) is 8.78 Å². The molecule has 0 spiro atoms. The predicted molar refractivity (Wildman–Crippen MR) is 95.5 cm³/mol. The van der Waals surface area contributed by atoms with Crippen molar-refractivity contribution in [2.24, 2.45) is 0 Å². The summed E-state index contributed by atoms with van der Waals surface area (Å²) in [6.07, 6.45) is 6.37. The molecule has 0 aliphatic carbocycles. The van der Waals surface area contributed by atoms with Crippen LogP contribution in [0.1, 0.15) is 18.9 Å².